The molecule has 2 heterocycles. The molecule has 158 valence electrons. The minimum absolute atomic E-state index is 0.129. The van der Waals surface area contributed by atoms with Crippen LogP contribution >= 0.6 is 0 Å². The van der Waals surface area contributed by atoms with Gasteiger partial charge in [-0.25, -0.2) is 0 Å². The fraction of sp³-hybridized carbons (Fsp3) is 0.579. The lowest BCUT2D eigenvalue weighted by molar-refractivity contribution is -0.137. The molecule has 10 heteroatoms. The molecule has 0 aromatic carbocycles. The van der Waals surface area contributed by atoms with Gasteiger partial charge in [0, 0.05) is 23.5 Å². The van der Waals surface area contributed by atoms with Crippen molar-refractivity contribution in [1.82, 2.24) is 30.5 Å². The van der Waals surface area contributed by atoms with Crippen LogP contribution in [0.3, 0.4) is 0 Å². The van der Waals surface area contributed by atoms with E-state index in [1.54, 1.807) is 11.0 Å². The number of pyridine rings is 1. The van der Waals surface area contributed by atoms with Crippen molar-refractivity contribution in [1.29, 1.82) is 0 Å². The van der Waals surface area contributed by atoms with E-state index >= 15 is 0 Å². The van der Waals surface area contributed by atoms with E-state index in [2.05, 4.69) is 25.7 Å². The van der Waals surface area contributed by atoms with Crippen LogP contribution in [0.15, 0.2) is 18.3 Å². The minimum Gasteiger partial charge on any atom is -0.483 e. The summed E-state index contributed by atoms with van der Waals surface area (Å²) in [4.78, 5) is 26.1. The molecule has 29 heavy (non-hydrogen) atoms. The molecule has 0 unspecified atom stereocenters. The molecule has 2 aromatic heterocycles. The molecule has 1 aliphatic rings. The van der Waals surface area contributed by atoms with Crippen LogP contribution in [0.2, 0.25) is 0 Å². The number of aromatic nitrogens is 5. The van der Waals surface area contributed by atoms with Gasteiger partial charge in [0.05, 0.1) is 6.54 Å². The monoisotopic (exact) mass is 404 g/mol. The Morgan fingerprint density at radius 1 is 1.34 bits per heavy atom. The molecule has 0 spiro atoms. The normalized spacial score (nSPS) is 19.0. The smallest absolute Gasteiger partial charge is 0.290 e. The van der Waals surface area contributed by atoms with Gasteiger partial charge >= 0.3 is 0 Å². The van der Waals surface area contributed by atoms with E-state index in [1.807, 2.05) is 19.1 Å². The van der Waals surface area contributed by atoms with Crippen LogP contribution in [0.4, 0.5) is 0 Å². The van der Waals surface area contributed by atoms with Crippen molar-refractivity contribution < 1.29 is 19.8 Å². The summed E-state index contributed by atoms with van der Waals surface area (Å²) >= 11 is 0. The zero-order valence-corrected chi connectivity index (χ0v) is 16.9. The summed E-state index contributed by atoms with van der Waals surface area (Å²) in [6, 6.07) is 3.95. The number of aryl methyl sites for hydroxylation is 1. The molecule has 0 radical (unpaired) electrons. The minimum atomic E-state index is -1.33. The number of tetrazole rings is 1. The van der Waals surface area contributed by atoms with Gasteiger partial charge in [0.15, 0.2) is 0 Å². The molecular formula is C19H28N6O4. The number of nitrogens with one attached hydrogen (secondary N) is 1. The predicted octanol–water partition coefficient (Wildman–Crippen LogP) is 1.19. The Morgan fingerprint density at radius 3 is 2.59 bits per heavy atom. The van der Waals surface area contributed by atoms with E-state index in [-0.39, 0.29) is 18.4 Å². The van der Waals surface area contributed by atoms with Crippen LogP contribution in [-0.2, 0) is 16.1 Å². The van der Waals surface area contributed by atoms with E-state index in [0.717, 1.165) is 43.5 Å². The first-order chi connectivity index (χ1) is 13.7. The molecule has 1 saturated carbocycles. The van der Waals surface area contributed by atoms with Gasteiger partial charge in [0.25, 0.3) is 12.4 Å². The second kappa shape index (κ2) is 10.1. The Kier molecular flexibility index (Phi) is 7.77. The number of carboxylic acid groups (broad SMARTS) is 1. The molecule has 3 rings (SSSR count). The number of nitrogens with zero attached hydrogens (tertiary/aromatic N) is 5. The van der Waals surface area contributed by atoms with Crippen molar-refractivity contribution >= 4 is 12.4 Å². The van der Waals surface area contributed by atoms with E-state index < -0.39 is 5.60 Å². The van der Waals surface area contributed by atoms with Crippen LogP contribution in [0.25, 0.3) is 11.4 Å². The van der Waals surface area contributed by atoms with Crippen molar-refractivity contribution in [2.45, 2.75) is 64.6 Å². The summed E-state index contributed by atoms with van der Waals surface area (Å²) in [5, 5.41) is 32.3. The molecule has 1 amide bonds. The van der Waals surface area contributed by atoms with Crippen LogP contribution in [-0.4, -0.2) is 59.4 Å². The molecule has 0 aliphatic heterocycles. The standard InChI is InChI=1S/C18H26N6O2.CH2O2/c1-12-10-14(8-9-19-12)16-21-23-24(22-16)11-13-4-6-15(7-5-13)20-17(25)18(2,3)26;2-1-3/h8-10,13,15,26H,4-7,11H2,1-3H3,(H,20,25);1H,(H,2,3)/t13-,15-;. The number of hydrogen-bond donors (Lipinski definition) is 3. The molecule has 3 N–H and O–H groups in total. The summed E-state index contributed by atoms with van der Waals surface area (Å²) in [6.45, 7) is 5.42. The zero-order chi connectivity index (χ0) is 21.4. The third-order valence-corrected chi connectivity index (χ3v) is 4.77. The molecule has 10 nitrogen and oxygen atoms in total. The first-order valence-electron chi connectivity index (χ1n) is 9.55. The fourth-order valence-electron chi connectivity index (χ4n) is 3.20. The van der Waals surface area contributed by atoms with Gasteiger partial charge in [-0.1, -0.05) is 0 Å². The highest BCUT2D eigenvalue weighted by Gasteiger charge is 2.29. The Labute approximate surface area is 169 Å². The summed E-state index contributed by atoms with van der Waals surface area (Å²) in [6.07, 6.45) is 5.52. The lowest BCUT2D eigenvalue weighted by atomic mass is 9.86. The van der Waals surface area contributed by atoms with E-state index in [1.165, 1.54) is 13.8 Å². The highest BCUT2D eigenvalue weighted by atomic mass is 16.3. The van der Waals surface area contributed by atoms with Crippen LogP contribution < -0.4 is 5.32 Å². The topological polar surface area (TPSA) is 143 Å². The largest absolute Gasteiger partial charge is 0.483 e. The van der Waals surface area contributed by atoms with Gasteiger partial charge in [0.2, 0.25) is 5.82 Å². The Balaban J connectivity index is 0.000000941. The van der Waals surface area contributed by atoms with Gasteiger partial charge in [0.1, 0.15) is 5.60 Å². The second-order valence-electron chi connectivity index (χ2n) is 7.71. The lowest BCUT2D eigenvalue weighted by Crippen LogP contribution is -2.47. The number of amides is 1. The maximum atomic E-state index is 11.9. The molecule has 0 atom stereocenters. The van der Waals surface area contributed by atoms with Crippen LogP contribution in [0.5, 0.6) is 0 Å². The van der Waals surface area contributed by atoms with Crippen molar-refractivity contribution in [3.8, 4) is 11.4 Å². The van der Waals surface area contributed by atoms with Gasteiger partial charge < -0.3 is 15.5 Å². The predicted molar refractivity (Wildman–Crippen MR) is 105 cm³/mol. The van der Waals surface area contributed by atoms with E-state index in [9.17, 15) is 9.90 Å². The molecule has 2 aromatic rings. The first-order valence-corrected chi connectivity index (χ1v) is 9.55. The van der Waals surface area contributed by atoms with Crippen molar-refractivity contribution in [3.05, 3.63) is 24.0 Å². The van der Waals surface area contributed by atoms with Crippen molar-refractivity contribution in [2.75, 3.05) is 0 Å². The maximum Gasteiger partial charge on any atom is 0.290 e. The number of rotatable bonds is 5. The molecule has 0 saturated heterocycles. The Hall–Kier alpha value is -2.88. The summed E-state index contributed by atoms with van der Waals surface area (Å²) in [5.41, 5.74) is 0.510. The Morgan fingerprint density at radius 2 is 2.00 bits per heavy atom. The summed E-state index contributed by atoms with van der Waals surface area (Å²) in [7, 11) is 0. The molecular weight excluding hydrogens is 376 g/mol. The number of aliphatic hydroxyl groups is 1. The molecule has 1 aliphatic carbocycles. The maximum absolute atomic E-state index is 11.9. The van der Waals surface area contributed by atoms with Gasteiger partial charge in [-0.15, -0.1) is 10.2 Å². The van der Waals surface area contributed by atoms with E-state index in [0.29, 0.717) is 11.7 Å². The van der Waals surface area contributed by atoms with E-state index in [4.69, 9.17) is 9.90 Å². The van der Waals surface area contributed by atoms with Gasteiger partial charge in [-0.2, -0.15) is 4.80 Å². The molecule has 1 fully saturated rings. The first kappa shape index (κ1) is 22.4. The highest BCUT2D eigenvalue weighted by Crippen LogP contribution is 2.26. The number of hydrogen-bond acceptors (Lipinski definition) is 7. The average Bonchev–Trinajstić information content (AvgIpc) is 3.12. The summed E-state index contributed by atoms with van der Waals surface area (Å²) < 4.78 is 0. The number of carbonyl (C=O) groups is 2. The number of carbonyl (C=O) groups excluding carboxylic acids is 1. The average molecular weight is 404 g/mol. The third kappa shape index (κ3) is 6.90. The third-order valence-electron chi connectivity index (χ3n) is 4.77. The Bertz CT molecular complexity index is 809. The second-order valence-corrected chi connectivity index (χ2v) is 7.71. The quantitative estimate of drug-likeness (QED) is 0.631. The fourth-order valence-corrected chi connectivity index (χ4v) is 3.20. The van der Waals surface area contributed by atoms with Crippen molar-refractivity contribution in [3.63, 3.8) is 0 Å². The zero-order valence-electron chi connectivity index (χ0n) is 16.9. The van der Waals surface area contributed by atoms with Crippen LogP contribution in [0.1, 0.15) is 45.2 Å². The lowest BCUT2D eigenvalue weighted by Gasteiger charge is -2.30. The van der Waals surface area contributed by atoms with Crippen LogP contribution in [0, 0.1) is 12.8 Å². The SMILES string of the molecule is Cc1cc(-c2nnn(C[C@H]3CC[C@H](NC(=O)C(C)(C)O)CC3)n2)ccn1.O=CO. The highest BCUT2D eigenvalue weighted by molar-refractivity contribution is 5.84. The summed E-state index contributed by atoms with van der Waals surface area (Å²) in [5.74, 6) is 0.768. The molecule has 0 bridgehead atoms. The van der Waals surface area contributed by atoms with Gasteiger partial charge in [-0.05, 0) is 69.7 Å². The van der Waals surface area contributed by atoms with Gasteiger partial charge in [-0.3, -0.25) is 14.6 Å². The van der Waals surface area contributed by atoms with Crippen molar-refractivity contribution in [2.24, 2.45) is 5.92 Å².